The van der Waals surface area contributed by atoms with Crippen LogP contribution in [0.4, 0.5) is 11.4 Å². The lowest BCUT2D eigenvalue weighted by Crippen LogP contribution is -1.89. The molecule has 0 fully saturated rings. The highest BCUT2D eigenvalue weighted by molar-refractivity contribution is 9.27. The molecule has 2 N–H and O–H groups in total. The van der Waals surface area contributed by atoms with Crippen LogP contribution in [0.1, 0.15) is 35.1 Å². The molecule has 0 bridgehead atoms. The van der Waals surface area contributed by atoms with Crippen molar-refractivity contribution in [3.8, 4) is 0 Å². The first-order valence-electron chi connectivity index (χ1n) is 13.7. The fourth-order valence-electron chi connectivity index (χ4n) is 4.40. The minimum Gasteiger partial charge on any atom is -0.399 e. The summed E-state index contributed by atoms with van der Waals surface area (Å²) in [4.78, 5) is 10.1. The molecule has 17 unspecified atom stereocenters. The molecule has 2 aromatic carbocycles. The molecule has 0 amide bonds. The smallest absolute Gasteiger partial charge is 0.269 e. The van der Waals surface area contributed by atoms with Gasteiger partial charge in [0, 0.05) is 17.8 Å². The summed E-state index contributed by atoms with van der Waals surface area (Å²) in [6, 6.07) is 11.4. The second kappa shape index (κ2) is 31.2. The Morgan fingerprint density at radius 2 is 0.918 bits per heavy atom. The van der Waals surface area contributed by atoms with Crippen LogP contribution in [-0.4, -0.2) is 4.92 Å². The quantitative estimate of drug-likeness (QED) is 0.105. The van der Waals surface area contributed by atoms with Crippen LogP contribution < -0.4 is 5.73 Å². The average molecular weight is 1160 g/mol. The van der Waals surface area contributed by atoms with E-state index in [0.717, 1.165) is 38.5 Å². The van der Waals surface area contributed by atoms with Gasteiger partial charge in [0.2, 0.25) is 0 Å². The molecule has 0 saturated carbocycles. The second-order valence-electron chi connectivity index (χ2n) is 9.83. The molecule has 0 spiro atoms. The first kappa shape index (κ1) is 56.3. The van der Waals surface area contributed by atoms with E-state index in [0.29, 0.717) is 0 Å². The van der Waals surface area contributed by atoms with Crippen LogP contribution in [0, 0.1) is 10.1 Å². The third kappa shape index (κ3) is 21.9. The fraction of sp³-hybridized carbons (Fsp3) is 0.333. The summed E-state index contributed by atoms with van der Waals surface area (Å²) in [7, 11) is 46.6. The van der Waals surface area contributed by atoms with Crippen molar-refractivity contribution in [3.63, 3.8) is 0 Å². The highest BCUT2D eigenvalue weighted by Gasteiger charge is 2.32. The summed E-state index contributed by atoms with van der Waals surface area (Å²) in [5.74, 6) is 0. The van der Waals surface area contributed by atoms with Gasteiger partial charge in [-0.3, -0.25) is 10.1 Å². The number of nitrogens with two attached hydrogens (primary N) is 1. The van der Waals surface area contributed by atoms with E-state index in [-0.39, 0.29) is 87.5 Å². The number of hydrogen-bond donors (Lipinski definition) is 1. The summed E-state index contributed by atoms with van der Waals surface area (Å²) < 4.78 is 0. The van der Waals surface area contributed by atoms with Crippen LogP contribution in [0.25, 0.3) is 0 Å². The van der Waals surface area contributed by atoms with E-state index < -0.39 is 0 Å². The molecule has 4 nitrogen and oxygen atoms in total. The molecule has 0 aromatic heterocycles. The van der Waals surface area contributed by atoms with Crippen molar-refractivity contribution in [2.75, 3.05) is 5.73 Å². The SMILES string of the molecule is Nc1ccc2c(c1)CCC2.O=[N+]([O-])c1ccc2c(c1)CCC2.PP(P)P(P(P)P)P(P(P)P)P(P)P.PPP(P(P)P)P(P(P)P)P(P)P. The van der Waals surface area contributed by atoms with Gasteiger partial charge in [-0.2, -0.15) is 0 Å². The molecular weight excluding hydrogens is 1110 g/mol. The van der Waals surface area contributed by atoms with Gasteiger partial charge in [0.05, 0.1) is 4.92 Å². The molecule has 31 heteroatoms. The van der Waals surface area contributed by atoms with E-state index >= 15 is 0 Å². The lowest BCUT2D eigenvalue weighted by molar-refractivity contribution is -0.384. The number of nitro groups is 1. The molecular formula is C18H51N2O2P27. The number of nitro benzene ring substituents is 1. The van der Waals surface area contributed by atoms with Crippen molar-refractivity contribution < 1.29 is 4.92 Å². The van der Waals surface area contributed by atoms with Crippen LogP contribution in [0.2, 0.25) is 0 Å². The van der Waals surface area contributed by atoms with Crippen molar-refractivity contribution in [1.82, 2.24) is 0 Å². The number of anilines is 1. The molecule has 0 heterocycles. The molecule has 49 heavy (non-hydrogen) atoms. The van der Waals surface area contributed by atoms with Gasteiger partial charge in [-0.25, -0.2) is 0 Å². The third-order valence-electron chi connectivity index (χ3n) is 6.32. The van der Waals surface area contributed by atoms with Crippen LogP contribution in [0.3, 0.4) is 0 Å². The summed E-state index contributed by atoms with van der Waals surface area (Å²) in [5.41, 5.74) is 12.1. The lowest BCUT2D eigenvalue weighted by atomic mass is 10.1. The molecule has 2 aromatic rings. The van der Waals surface area contributed by atoms with Crippen molar-refractivity contribution in [3.05, 3.63) is 68.8 Å². The van der Waals surface area contributed by atoms with Crippen molar-refractivity contribution in [2.45, 2.75) is 38.5 Å². The van der Waals surface area contributed by atoms with E-state index in [4.69, 9.17) is 5.73 Å². The number of nitrogen functional groups attached to an aromatic ring is 1. The third-order valence-corrected chi connectivity index (χ3v) is 159. The normalized spacial score (nSPS) is 14.6. The number of aryl methyl sites for hydroxylation is 4. The maximum atomic E-state index is 10.4. The van der Waals surface area contributed by atoms with E-state index in [2.05, 4.69) is 146 Å². The number of rotatable bonds is 11. The van der Waals surface area contributed by atoms with Gasteiger partial charge in [-0.05, 0) is 150 Å². The zero-order valence-corrected chi connectivity index (χ0v) is 54.8. The Hall–Kier alpha value is 9.25. The number of hydrogen-bond acceptors (Lipinski definition) is 3. The van der Waals surface area contributed by atoms with Gasteiger partial charge in [0.1, 0.15) is 0 Å². The Morgan fingerprint density at radius 3 is 1.24 bits per heavy atom. The second-order valence-corrected chi connectivity index (χ2v) is 111. The molecule has 0 aliphatic heterocycles. The van der Waals surface area contributed by atoms with E-state index in [1.807, 2.05) is 12.1 Å². The van der Waals surface area contributed by atoms with Gasteiger partial charge < -0.3 is 5.73 Å². The molecule has 0 saturated heterocycles. The van der Waals surface area contributed by atoms with Gasteiger partial charge in [0.15, 0.2) is 0 Å². The fourth-order valence-corrected chi connectivity index (χ4v) is 279. The minimum atomic E-state index is -0.335. The van der Waals surface area contributed by atoms with Crippen LogP contribution in [0.15, 0.2) is 36.4 Å². The summed E-state index contributed by atoms with van der Waals surface area (Å²) in [6.07, 6.45) is 6.98. The van der Waals surface area contributed by atoms with Crippen LogP contribution in [0.5, 0.6) is 0 Å². The zero-order chi connectivity index (χ0) is 37.6. The number of benzene rings is 2. The minimum absolute atomic E-state index is 0.0856. The monoisotopic (exact) mass is 1160 g/mol. The van der Waals surface area contributed by atoms with Crippen LogP contribution >= 0.6 is 219 Å². The van der Waals surface area contributed by atoms with Crippen molar-refractivity contribution in [2.24, 2.45) is 0 Å². The highest BCUT2D eigenvalue weighted by atomic mass is 33.3. The molecule has 17 atom stereocenters. The molecule has 4 rings (SSSR count). The Kier molecular flexibility index (Phi) is 35.8. The number of nitrogens with zero attached hydrogens (tertiary/aromatic N) is 1. The zero-order valence-electron chi connectivity index (χ0n) is 26.6. The van der Waals surface area contributed by atoms with Crippen LogP contribution in [-0.2, 0) is 25.7 Å². The van der Waals surface area contributed by atoms with Crippen molar-refractivity contribution >= 4 is 230 Å². The van der Waals surface area contributed by atoms with E-state index in [9.17, 15) is 10.1 Å². The lowest BCUT2D eigenvalue weighted by Gasteiger charge is -2.37. The molecule has 280 valence electrons. The average Bonchev–Trinajstić information content (AvgIpc) is 3.67. The maximum absolute atomic E-state index is 10.4. The Bertz CT molecular complexity index is 1230. The molecule has 2 aliphatic carbocycles. The predicted molar refractivity (Wildman–Crippen MR) is 318 cm³/mol. The topological polar surface area (TPSA) is 69.2 Å². The van der Waals surface area contributed by atoms with Gasteiger partial charge >= 0.3 is 0 Å². The first-order chi connectivity index (χ1) is 22.8. The number of fused-ring (bicyclic) bond motifs is 2. The first-order valence-corrected chi connectivity index (χ1v) is 61.1. The Morgan fingerprint density at radius 1 is 0.551 bits per heavy atom. The highest BCUT2D eigenvalue weighted by Crippen LogP contribution is 3.22. The van der Waals surface area contributed by atoms with Crippen molar-refractivity contribution in [1.29, 1.82) is 0 Å². The molecule has 0 radical (unpaired) electrons. The predicted octanol–water partition coefficient (Wildman–Crippen LogP) is 18.8. The summed E-state index contributed by atoms with van der Waals surface area (Å²) in [6.45, 7) is 1.61. The Labute approximate surface area is 344 Å². The summed E-state index contributed by atoms with van der Waals surface area (Å²) >= 11 is 0. The maximum Gasteiger partial charge on any atom is 0.269 e. The molecule has 2 aliphatic rings. The standard InChI is InChI=1S/C9H9NO2.C9H11N.H16P14.H15P13/c11-10(12)9-5-4-7-2-1-3-8(7)6-9;10-9-5-4-7-2-1-3-8(7)6-9;1-9(2)13(10(3)4)14(11(5)6)12(7)8;1-8-12(9(2)3)13(10(4)5)11(6)7/h4-6H,1-3H2;4-6H,1-3,10H2;1-8H2;8H,1-7H2. The van der Waals surface area contributed by atoms with Gasteiger partial charge in [0.25, 0.3) is 5.69 Å². The largest absolute Gasteiger partial charge is 0.399 e. The van der Waals surface area contributed by atoms with Gasteiger partial charge in [-0.15, -0.1) is 134 Å². The van der Waals surface area contributed by atoms with E-state index in [1.54, 1.807) is 12.1 Å². The van der Waals surface area contributed by atoms with Gasteiger partial charge in [-0.1, -0.05) is 20.1 Å². The Balaban J connectivity index is 0.000000328. The van der Waals surface area contributed by atoms with E-state index in [1.165, 1.54) is 36.0 Å². The summed E-state index contributed by atoms with van der Waals surface area (Å²) in [5, 5.41) is 10.4. The number of non-ortho nitro benzene ring substituents is 1.